The molecule has 0 radical (unpaired) electrons. The average Bonchev–Trinajstić information content (AvgIpc) is 2.26. The summed E-state index contributed by atoms with van der Waals surface area (Å²) in [5, 5.41) is 9.10. The van der Waals surface area contributed by atoms with Crippen LogP contribution < -0.4 is 5.73 Å². The monoisotopic (exact) mass is 240 g/mol. The van der Waals surface area contributed by atoms with Crippen molar-refractivity contribution in [1.82, 2.24) is 4.90 Å². The molecule has 0 aromatic carbocycles. The standard InChI is InChI=1S/C12H20N2O3/c13-12(5-3-6-12)8-10(15)14-7-2-1-4-9(14)11(16)17/h9H,1-8,13H2,(H,16,17)/t9-/m0/s1. The molecule has 1 aliphatic carbocycles. The van der Waals surface area contributed by atoms with Crippen LogP contribution in [0, 0.1) is 0 Å². The molecular weight excluding hydrogens is 220 g/mol. The molecule has 2 rings (SSSR count). The zero-order valence-electron chi connectivity index (χ0n) is 10.0. The lowest BCUT2D eigenvalue weighted by molar-refractivity contribution is -0.152. The van der Waals surface area contributed by atoms with Gasteiger partial charge in [-0.2, -0.15) is 0 Å². The van der Waals surface area contributed by atoms with E-state index in [1.165, 1.54) is 4.90 Å². The van der Waals surface area contributed by atoms with Gasteiger partial charge in [0.05, 0.1) is 0 Å². The normalized spacial score (nSPS) is 27.4. The summed E-state index contributed by atoms with van der Waals surface area (Å²) in [6.07, 6.45) is 5.48. The van der Waals surface area contributed by atoms with Crippen molar-refractivity contribution in [2.75, 3.05) is 6.54 Å². The van der Waals surface area contributed by atoms with Crippen molar-refractivity contribution in [2.24, 2.45) is 5.73 Å². The topological polar surface area (TPSA) is 83.6 Å². The number of nitrogens with zero attached hydrogens (tertiary/aromatic N) is 1. The first-order valence-corrected chi connectivity index (χ1v) is 6.33. The molecule has 0 aromatic rings. The molecule has 3 N–H and O–H groups in total. The highest BCUT2D eigenvalue weighted by Crippen LogP contribution is 2.33. The quantitative estimate of drug-likeness (QED) is 0.761. The van der Waals surface area contributed by atoms with Crippen LogP contribution in [0.1, 0.15) is 44.9 Å². The van der Waals surface area contributed by atoms with Gasteiger partial charge in [0.15, 0.2) is 0 Å². The van der Waals surface area contributed by atoms with Gasteiger partial charge in [-0.3, -0.25) is 4.79 Å². The number of carboxylic acid groups (broad SMARTS) is 1. The fourth-order valence-corrected chi connectivity index (χ4v) is 2.70. The molecule has 5 heteroatoms. The van der Waals surface area contributed by atoms with Gasteiger partial charge in [-0.1, -0.05) is 0 Å². The SMILES string of the molecule is NC1(CC(=O)N2CCCC[C@H]2C(=O)O)CCC1. The summed E-state index contributed by atoms with van der Waals surface area (Å²) < 4.78 is 0. The Kier molecular flexibility index (Phi) is 3.38. The molecule has 2 aliphatic rings. The predicted molar refractivity (Wildman–Crippen MR) is 62.4 cm³/mol. The smallest absolute Gasteiger partial charge is 0.326 e. The highest BCUT2D eigenvalue weighted by atomic mass is 16.4. The number of hydrogen-bond donors (Lipinski definition) is 2. The lowest BCUT2D eigenvalue weighted by Crippen LogP contribution is -2.54. The molecule has 1 amide bonds. The molecule has 1 aliphatic heterocycles. The summed E-state index contributed by atoms with van der Waals surface area (Å²) in [5.41, 5.74) is 5.67. The maximum atomic E-state index is 12.1. The lowest BCUT2D eigenvalue weighted by Gasteiger charge is -2.41. The van der Waals surface area contributed by atoms with Crippen LogP contribution in [0.5, 0.6) is 0 Å². The number of carbonyl (C=O) groups is 2. The Labute approximate surface area is 101 Å². The highest BCUT2D eigenvalue weighted by Gasteiger charge is 2.39. The molecular formula is C12H20N2O3. The first kappa shape index (κ1) is 12.4. The third-order valence-corrected chi connectivity index (χ3v) is 3.96. The van der Waals surface area contributed by atoms with Crippen molar-refractivity contribution >= 4 is 11.9 Å². The molecule has 96 valence electrons. The zero-order valence-corrected chi connectivity index (χ0v) is 10.0. The van der Waals surface area contributed by atoms with Gasteiger partial charge in [-0.15, -0.1) is 0 Å². The molecule has 5 nitrogen and oxygen atoms in total. The minimum absolute atomic E-state index is 0.0840. The third-order valence-electron chi connectivity index (χ3n) is 3.96. The molecule has 1 atom stereocenters. The summed E-state index contributed by atoms with van der Waals surface area (Å²) in [6.45, 7) is 0.561. The maximum absolute atomic E-state index is 12.1. The molecule has 1 saturated heterocycles. The number of carbonyl (C=O) groups excluding carboxylic acids is 1. The zero-order chi connectivity index (χ0) is 12.5. The van der Waals surface area contributed by atoms with Gasteiger partial charge in [0.2, 0.25) is 5.91 Å². The van der Waals surface area contributed by atoms with E-state index >= 15 is 0 Å². The van der Waals surface area contributed by atoms with E-state index in [0.717, 1.165) is 32.1 Å². The molecule has 0 aromatic heterocycles. The molecule has 17 heavy (non-hydrogen) atoms. The van der Waals surface area contributed by atoms with E-state index in [-0.39, 0.29) is 11.4 Å². The Morgan fingerprint density at radius 2 is 2.00 bits per heavy atom. The van der Waals surface area contributed by atoms with Crippen LogP contribution >= 0.6 is 0 Å². The number of carboxylic acids is 1. The van der Waals surface area contributed by atoms with Crippen LogP contribution in [-0.2, 0) is 9.59 Å². The number of nitrogens with two attached hydrogens (primary N) is 1. The van der Waals surface area contributed by atoms with Crippen molar-refractivity contribution < 1.29 is 14.7 Å². The van der Waals surface area contributed by atoms with Gasteiger partial charge in [0, 0.05) is 18.5 Å². The van der Waals surface area contributed by atoms with E-state index in [1.807, 2.05) is 0 Å². The number of likely N-dealkylation sites (tertiary alicyclic amines) is 1. The molecule has 1 heterocycles. The van der Waals surface area contributed by atoms with Gasteiger partial charge < -0.3 is 15.7 Å². The summed E-state index contributed by atoms with van der Waals surface area (Å²) in [7, 11) is 0. The predicted octanol–water partition coefficient (Wildman–Crippen LogP) is 0.724. The van der Waals surface area contributed by atoms with E-state index in [0.29, 0.717) is 19.4 Å². The number of rotatable bonds is 3. The lowest BCUT2D eigenvalue weighted by atomic mass is 9.75. The van der Waals surface area contributed by atoms with Crippen molar-refractivity contribution in [1.29, 1.82) is 0 Å². The second-order valence-electron chi connectivity index (χ2n) is 5.33. The van der Waals surface area contributed by atoms with Gasteiger partial charge >= 0.3 is 5.97 Å². The number of amides is 1. The Morgan fingerprint density at radius 1 is 1.29 bits per heavy atom. The Bertz CT molecular complexity index is 326. The Balaban J connectivity index is 1.98. The van der Waals surface area contributed by atoms with Crippen LogP contribution in [0.3, 0.4) is 0 Å². The first-order valence-electron chi connectivity index (χ1n) is 6.33. The number of hydrogen-bond acceptors (Lipinski definition) is 3. The van der Waals surface area contributed by atoms with Crippen molar-refractivity contribution in [3.63, 3.8) is 0 Å². The molecule has 1 saturated carbocycles. The van der Waals surface area contributed by atoms with Crippen molar-refractivity contribution in [3.05, 3.63) is 0 Å². The largest absolute Gasteiger partial charge is 0.480 e. The summed E-state index contributed by atoms with van der Waals surface area (Å²) in [6, 6.07) is -0.639. The molecule has 0 bridgehead atoms. The van der Waals surface area contributed by atoms with Crippen molar-refractivity contribution in [2.45, 2.75) is 56.5 Å². The van der Waals surface area contributed by atoms with Crippen LogP contribution in [0.2, 0.25) is 0 Å². The first-order chi connectivity index (χ1) is 8.02. The fraction of sp³-hybridized carbons (Fsp3) is 0.833. The van der Waals surface area contributed by atoms with E-state index in [1.54, 1.807) is 0 Å². The highest BCUT2D eigenvalue weighted by molar-refractivity contribution is 5.84. The van der Waals surface area contributed by atoms with Crippen molar-refractivity contribution in [3.8, 4) is 0 Å². The Morgan fingerprint density at radius 3 is 2.53 bits per heavy atom. The van der Waals surface area contributed by atoms with E-state index in [4.69, 9.17) is 10.8 Å². The fourth-order valence-electron chi connectivity index (χ4n) is 2.70. The van der Waals surface area contributed by atoms with E-state index < -0.39 is 12.0 Å². The van der Waals surface area contributed by atoms with Crippen LogP contribution in [-0.4, -0.2) is 40.0 Å². The van der Waals surface area contributed by atoms with Gasteiger partial charge in [0.1, 0.15) is 6.04 Å². The maximum Gasteiger partial charge on any atom is 0.326 e. The van der Waals surface area contributed by atoms with E-state index in [9.17, 15) is 9.59 Å². The average molecular weight is 240 g/mol. The summed E-state index contributed by atoms with van der Waals surface area (Å²) >= 11 is 0. The third kappa shape index (κ3) is 2.60. The minimum atomic E-state index is -0.891. The van der Waals surface area contributed by atoms with Crippen LogP contribution in [0.25, 0.3) is 0 Å². The second-order valence-corrected chi connectivity index (χ2v) is 5.33. The summed E-state index contributed by atoms with van der Waals surface area (Å²) in [5.74, 6) is -0.975. The number of piperidine rings is 1. The van der Waals surface area contributed by atoms with Crippen LogP contribution in [0.15, 0.2) is 0 Å². The van der Waals surface area contributed by atoms with Gasteiger partial charge in [-0.25, -0.2) is 4.79 Å². The molecule has 0 unspecified atom stereocenters. The Hall–Kier alpha value is -1.10. The van der Waals surface area contributed by atoms with E-state index in [2.05, 4.69) is 0 Å². The molecule has 2 fully saturated rings. The van der Waals surface area contributed by atoms with Crippen LogP contribution in [0.4, 0.5) is 0 Å². The second kappa shape index (κ2) is 4.64. The van der Waals surface area contributed by atoms with Gasteiger partial charge in [-0.05, 0) is 38.5 Å². The summed E-state index contributed by atoms with van der Waals surface area (Å²) in [4.78, 5) is 24.7. The molecule has 0 spiro atoms. The number of aliphatic carboxylic acids is 1. The van der Waals surface area contributed by atoms with Gasteiger partial charge in [0.25, 0.3) is 0 Å². The minimum Gasteiger partial charge on any atom is -0.480 e.